The van der Waals surface area contributed by atoms with Gasteiger partial charge >= 0.3 is 6.03 Å². The normalized spacial score (nSPS) is 10.7. The minimum Gasteiger partial charge on any atom is -0.350 e. The molecule has 5 nitrogen and oxygen atoms in total. The Morgan fingerprint density at radius 1 is 0.952 bits per heavy atom. The van der Waals surface area contributed by atoms with Crippen LogP contribution in [0.3, 0.4) is 0 Å². The van der Waals surface area contributed by atoms with E-state index in [0.29, 0.717) is 5.01 Å². The Bertz CT molecular complexity index is 845. The number of nitrogens with two attached hydrogens (primary N) is 1. The summed E-state index contributed by atoms with van der Waals surface area (Å²) in [5.74, 6) is 0. The van der Waals surface area contributed by atoms with Gasteiger partial charge in [-0.2, -0.15) is 5.01 Å². The van der Waals surface area contributed by atoms with E-state index in [4.69, 9.17) is 5.73 Å². The number of primary amides is 1. The number of amides is 2. The molecule has 2 N–H and O–H groups in total. The van der Waals surface area contributed by atoms with Gasteiger partial charge in [-0.1, -0.05) is 36.4 Å². The lowest BCUT2D eigenvalue weighted by Crippen LogP contribution is -2.30. The number of nitroso groups, excluding NO2 is 1. The van der Waals surface area contributed by atoms with E-state index in [9.17, 15) is 9.70 Å². The van der Waals surface area contributed by atoms with E-state index in [1.54, 1.807) is 0 Å². The summed E-state index contributed by atoms with van der Waals surface area (Å²) in [7, 11) is 0. The van der Waals surface area contributed by atoms with Gasteiger partial charge in [0.05, 0.1) is 11.8 Å². The van der Waals surface area contributed by atoms with Crippen molar-refractivity contribution in [2.45, 2.75) is 6.54 Å². The molecule has 3 aromatic rings. The lowest BCUT2D eigenvalue weighted by atomic mass is 10.0. The molecule has 0 aliphatic carbocycles. The molecule has 0 aliphatic heterocycles. The fraction of sp³-hybridized carbons (Fsp3) is 0.0625. The number of fused-ring (bicyclic) bond motifs is 2. The lowest BCUT2D eigenvalue weighted by molar-refractivity contribution is 0.206. The van der Waals surface area contributed by atoms with E-state index in [1.807, 2.05) is 36.4 Å². The first-order valence-corrected chi connectivity index (χ1v) is 6.49. The Hall–Kier alpha value is -2.95. The average Bonchev–Trinajstić information content (AvgIpc) is 2.50. The molecule has 0 aliphatic rings. The summed E-state index contributed by atoms with van der Waals surface area (Å²) >= 11 is 0. The molecule has 0 unspecified atom stereocenters. The van der Waals surface area contributed by atoms with E-state index in [1.165, 1.54) is 5.39 Å². The molecule has 0 saturated carbocycles. The first-order chi connectivity index (χ1) is 10.2. The highest BCUT2D eigenvalue weighted by molar-refractivity contribution is 5.98. The van der Waals surface area contributed by atoms with Crippen LogP contribution in [0, 0.1) is 4.91 Å². The van der Waals surface area contributed by atoms with E-state index in [0.717, 1.165) is 21.7 Å². The summed E-state index contributed by atoms with van der Waals surface area (Å²) in [5.41, 5.74) is 5.88. The summed E-state index contributed by atoms with van der Waals surface area (Å²) < 4.78 is 0. The molecule has 0 fully saturated rings. The van der Waals surface area contributed by atoms with Crippen LogP contribution in [0.1, 0.15) is 5.56 Å². The highest BCUT2D eigenvalue weighted by Gasteiger charge is 2.10. The number of hydrogen-bond acceptors (Lipinski definition) is 3. The SMILES string of the molecule is NC(=O)N(Cc1ccc2cc3ccccc3cc2c1)N=O. The number of benzene rings is 3. The predicted molar refractivity (Wildman–Crippen MR) is 82.4 cm³/mol. The van der Waals surface area contributed by atoms with Crippen molar-refractivity contribution < 1.29 is 4.79 Å². The van der Waals surface area contributed by atoms with Crippen LogP contribution >= 0.6 is 0 Å². The fourth-order valence-electron chi connectivity index (χ4n) is 2.41. The number of rotatable bonds is 3. The molecule has 0 radical (unpaired) electrons. The van der Waals surface area contributed by atoms with Gasteiger partial charge in [-0.25, -0.2) is 4.79 Å². The molecular weight excluding hydrogens is 266 g/mol. The summed E-state index contributed by atoms with van der Waals surface area (Å²) in [6, 6.07) is 17.2. The van der Waals surface area contributed by atoms with Gasteiger partial charge in [-0.3, -0.25) is 0 Å². The second kappa shape index (κ2) is 5.20. The van der Waals surface area contributed by atoms with Crippen molar-refractivity contribution in [2.24, 2.45) is 11.0 Å². The number of nitrogens with zero attached hydrogens (tertiary/aromatic N) is 2. The van der Waals surface area contributed by atoms with Gasteiger partial charge in [0.15, 0.2) is 0 Å². The van der Waals surface area contributed by atoms with E-state index < -0.39 is 6.03 Å². The maximum atomic E-state index is 11.0. The van der Waals surface area contributed by atoms with Gasteiger partial charge < -0.3 is 5.73 Å². The molecule has 2 amide bonds. The quantitative estimate of drug-likeness (QED) is 0.452. The van der Waals surface area contributed by atoms with Crippen LogP contribution in [0.2, 0.25) is 0 Å². The molecular formula is C16H13N3O2. The van der Waals surface area contributed by atoms with Crippen LogP contribution in [-0.4, -0.2) is 11.0 Å². The minimum atomic E-state index is -0.858. The van der Waals surface area contributed by atoms with Gasteiger partial charge in [-0.05, 0) is 45.3 Å². The molecule has 0 spiro atoms. The van der Waals surface area contributed by atoms with Crippen molar-refractivity contribution in [3.8, 4) is 0 Å². The molecule has 21 heavy (non-hydrogen) atoms. The van der Waals surface area contributed by atoms with Gasteiger partial charge in [0.25, 0.3) is 0 Å². The van der Waals surface area contributed by atoms with Gasteiger partial charge in [0.2, 0.25) is 0 Å². The number of urea groups is 1. The smallest absolute Gasteiger partial charge is 0.338 e. The zero-order valence-corrected chi connectivity index (χ0v) is 11.2. The summed E-state index contributed by atoms with van der Waals surface area (Å²) in [4.78, 5) is 21.6. The highest BCUT2D eigenvalue weighted by atomic mass is 16.3. The van der Waals surface area contributed by atoms with Crippen molar-refractivity contribution in [3.63, 3.8) is 0 Å². The molecule has 0 saturated heterocycles. The second-order valence-corrected chi connectivity index (χ2v) is 4.86. The van der Waals surface area contributed by atoms with Gasteiger partial charge in [-0.15, -0.1) is 4.91 Å². The van der Waals surface area contributed by atoms with Crippen LogP contribution in [0.25, 0.3) is 21.5 Å². The Kier molecular flexibility index (Phi) is 3.23. The van der Waals surface area contributed by atoms with Crippen molar-refractivity contribution in [1.29, 1.82) is 0 Å². The molecule has 0 bridgehead atoms. The maximum Gasteiger partial charge on any atom is 0.338 e. The number of carbonyl (C=O) groups excluding carboxylic acids is 1. The monoisotopic (exact) mass is 279 g/mol. The largest absolute Gasteiger partial charge is 0.350 e. The van der Waals surface area contributed by atoms with Crippen LogP contribution in [0.5, 0.6) is 0 Å². The molecule has 3 aromatic carbocycles. The second-order valence-electron chi connectivity index (χ2n) is 4.86. The topological polar surface area (TPSA) is 75.8 Å². The van der Waals surface area contributed by atoms with Crippen molar-refractivity contribution in [1.82, 2.24) is 5.01 Å². The molecule has 104 valence electrons. The Morgan fingerprint density at radius 2 is 1.57 bits per heavy atom. The van der Waals surface area contributed by atoms with E-state index in [2.05, 4.69) is 23.5 Å². The van der Waals surface area contributed by atoms with E-state index in [-0.39, 0.29) is 6.54 Å². The van der Waals surface area contributed by atoms with Crippen molar-refractivity contribution in [2.75, 3.05) is 0 Å². The van der Waals surface area contributed by atoms with Crippen LogP contribution in [0.15, 0.2) is 59.9 Å². The summed E-state index contributed by atoms with van der Waals surface area (Å²) in [6.07, 6.45) is 0. The molecule has 3 rings (SSSR count). The molecule has 0 aromatic heterocycles. The minimum absolute atomic E-state index is 0.0710. The average molecular weight is 279 g/mol. The predicted octanol–water partition coefficient (Wildman–Crippen LogP) is 3.56. The third-order valence-corrected chi connectivity index (χ3v) is 3.45. The van der Waals surface area contributed by atoms with Gasteiger partial charge in [0, 0.05) is 0 Å². The Balaban J connectivity index is 2.04. The standard InChI is InChI=1S/C16H13N3O2/c17-16(20)19(18-21)10-11-5-6-14-8-12-3-1-2-4-13(12)9-15(14)7-11/h1-9H,10H2,(H2,17,20). The van der Waals surface area contributed by atoms with E-state index >= 15 is 0 Å². The van der Waals surface area contributed by atoms with Gasteiger partial charge in [0.1, 0.15) is 0 Å². The first-order valence-electron chi connectivity index (χ1n) is 6.49. The third kappa shape index (κ3) is 2.53. The molecule has 5 heteroatoms. The van der Waals surface area contributed by atoms with Crippen molar-refractivity contribution in [3.05, 3.63) is 65.1 Å². The zero-order chi connectivity index (χ0) is 14.8. The lowest BCUT2D eigenvalue weighted by Gasteiger charge is -2.11. The zero-order valence-electron chi connectivity index (χ0n) is 11.2. The summed E-state index contributed by atoms with van der Waals surface area (Å²) in [6.45, 7) is 0.0710. The molecule has 0 heterocycles. The van der Waals surface area contributed by atoms with Crippen LogP contribution < -0.4 is 5.73 Å². The maximum absolute atomic E-state index is 11.0. The number of carbonyl (C=O) groups is 1. The van der Waals surface area contributed by atoms with Crippen LogP contribution in [-0.2, 0) is 6.54 Å². The summed E-state index contributed by atoms with van der Waals surface area (Å²) in [5, 5.41) is 7.77. The van der Waals surface area contributed by atoms with Crippen molar-refractivity contribution >= 4 is 27.6 Å². The fourth-order valence-corrected chi connectivity index (χ4v) is 2.41. The van der Waals surface area contributed by atoms with Crippen LogP contribution in [0.4, 0.5) is 4.79 Å². The third-order valence-electron chi connectivity index (χ3n) is 3.45. The Labute approximate surface area is 120 Å². The first kappa shape index (κ1) is 13.1. The Morgan fingerprint density at radius 3 is 2.19 bits per heavy atom. The number of hydrogen-bond donors (Lipinski definition) is 1. The highest BCUT2D eigenvalue weighted by Crippen LogP contribution is 2.24. The molecule has 0 atom stereocenters.